The van der Waals surface area contributed by atoms with Gasteiger partial charge in [-0.3, -0.25) is 0 Å². The predicted octanol–water partition coefficient (Wildman–Crippen LogP) is 1.09. The third-order valence-corrected chi connectivity index (χ3v) is 3.99. The molecule has 2 rings (SSSR count). The maximum absolute atomic E-state index is 13.7. The molecule has 0 atom stereocenters. The van der Waals surface area contributed by atoms with Crippen LogP contribution >= 0.6 is 0 Å². The van der Waals surface area contributed by atoms with Gasteiger partial charge in [0.2, 0.25) is 15.9 Å². The molecule has 0 saturated heterocycles. The average molecular weight is 300 g/mol. The van der Waals surface area contributed by atoms with E-state index >= 15 is 0 Å². The van der Waals surface area contributed by atoms with Crippen molar-refractivity contribution < 1.29 is 22.3 Å². The van der Waals surface area contributed by atoms with E-state index in [1.807, 2.05) is 0 Å². The van der Waals surface area contributed by atoms with E-state index in [1.54, 1.807) is 6.92 Å². The normalized spacial score (nSPS) is 11.8. The lowest BCUT2D eigenvalue weighted by molar-refractivity contribution is 0.281. The van der Waals surface area contributed by atoms with Gasteiger partial charge in [-0.25, -0.2) is 22.5 Å². The topological polar surface area (TPSA) is 92.4 Å². The number of benzene rings is 1. The zero-order chi connectivity index (χ0) is 14.8. The molecule has 1 aromatic heterocycles. The molecule has 0 radical (unpaired) electrons. The van der Waals surface area contributed by atoms with Gasteiger partial charge in [-0.1, -0.05) is 6.07 Å². The van der Waals surface area contributed by atoms with E-state index in [0.29, 0.717) is 11.3 Å². The number of oxazole rings is 1. The summed E-state index contributed by atoms with van der Waals surface area (Å²) in [5, 5.41) is 8.86. The molecule has 0 spiro atoms. The summed E-state index contributed by atoms with van der Waals surface area (Å²) in [6.07, 6.45) is 1.46. The lowest BCUT2D eigenvalue weighted by Gasteiger charge is -2.07. The summed E-state index contributed by atoms with van der Waals surface area (Å²) in [6.45, 7) is 1.15. The number of sulfonamides is 1. The van der Waals surface area contributed by atoms with Gasteiger partial charge < -0.3 is 9.52 Å². The van der Waals surface area contributed by atoms with Gasteiger partial charge in [-0.05, 0) is 24.6 Å². The summed E-state index contributed by atoms with van der Waals surface area (Å²) < 4.78 is 44.9. The van der Waals surface area contributed by atoms with E-state index in [9.17, 15) is 12.8 Å². The quantitative estimate of drug-likeness (QED) is 0.862. The monoisotopic (exact) mass is 300 g/mol. The minimum atomic E-state index is -4.01. The molecule has 0 fully saturated rings. The molecule has 0 saturated carbocycles. The van der Waals surface area contributed by atoms with Crippen LogP contribution in [0.4, 0.5) is 4.39 Å². The second kappa shape index (κ2) is 5.70. The van der Waals surface area contributed by atoms with Crippen LogP contribution in [0.1, 0.15) is 17.2 Å². The fourth-order valence-electron chi connectivity index (χ4n) is 1.58. The number of hydrogen-bond acceptors (Lipinski definition) is 5. The van der Waals surface area contributed by atoms with Crippen molar-refractivity contribution in [3.63, 3.8) is 0 Å². The number of halogens is 1. The molecule has 0 aliphatic carbocycles. The fourth-order valence-corrected chi connectivity index (χ4v) is 2.61. The third-order valence-electron chi connectivity index (χ3n) is 2.55. The number of rotatable bonds is 5. The molecule has 8 heteroatoms. The van der Waals surface area contributed by atoms with E-state index in [1.165, 1.54) is 12.3 Å². The Balaban J connectivity index is 2.18. The average Bonchev–Trinajstić information content (AvgIpc) is 2.82. The van der Waals surface area contributed by atoms with Crippen LogP contribution in [-0.2, 0) is 23.2 Å². The molecular weight excluding hydrogens is 287 g/mol. The molecular formula is C12H13FN2O4S. The van der Waals surface area contributed by atoms with Crippen molar-refractivity contribution in [2.45, 2.75) is 25.0 Å². The number of nitrogens with zero attached hydrogens (tertiary/aromatic N) is 1. The van der Waals surface area contributed by atoms with Crippen LogP contribution in [0, 0.1) is 12.7 Å². The number of aromatic nitrogens is 1. The van der Waals surface area contributed by atoms with Crippen LogP contribution in [-0.4, -0.2) is 18.5 Å². The highest BCUT2D eigenvalue weighted by Crippen LogP contribution is 2.16. The molecule has 1 heterocycles. The molecule has 0 aliphatic rings. The van der Waals surface area contributed by atoms with Crippen LogP contribution in [0.3, 0.4) is 0 Å². The highest BCUT2D eigenvalue weighted by molar-refractivity contribution is 7.89. The highest BCUT2D eigenvalue weighted by Gasteiger charge is 2.19. The van der Waals surface area contributed by atoms with E-state index in [4.69, 9.17) is 9.52 Å². The summed E-state index contributed by atoms with van der Waals surface area (Å²) in [5.41, 5.74) is 0.296. The van der Waals surface area contributed by atoms with Gasteiger partial charge in [0.25, 0.3) is 0 Å². The Morgan fingerprint density at radius 1 is 1.45 bits per heavy atom. The SMILES string of the molecule is Cc1cnc(CNS(=O)(=O)c2ccc(CO)cc2F)o1. The van der Waals surface area contributed by atoms with Gasteiger partial charge in [0.05, 0.1) is 19.3 Å². The molecule has 0 aliphatic heterocycles. The van der Waals surface area contributed by atoms with Gasteiger partial charge >= 0.3 is 0 Å². The van der Waals surface area contributed by atoms with Crippen molar-refractivity contribution in [3.8, 4) is 0 Å². The molecule has 0 unspecified atom stereocenters. The first-order valence-corrected chi connectivity index (χ1v) is 7.21. The Bertz CT molecular complexity index is 712. The number of hydrogen-bond donors (Lipinski definition) is 2. The van der Waals surface area contributed by atoms with Gasteiger partial charge in [0.15, 0.2) is 0 Å². The third kappa shape index (κ3) is 3.21. The van der Waals surface area contributed by atoms with Crippen molar-refractivity contribution in [2.75, 3.05) is 0 Å². The molecule has 108 valence electrons. The minimum absolute atomic E-state index is 0.169. The van der Waals surface area contributed by atoms with Crippen molar-refractivity contribution in [1.82, 2.24) is 9.71 Å². The Morgan fingerprint density at radius 2 is 2.20 bits per heavy atom. The Kier molecular flexibility index (Phi) is 4.17. The zero-order valence-electron chi connectivity index (χ0n) is 10.6. The Labute approximate surface area is 115 Å². The first kappa shape index (κ1) is 14.6. The highest BCUT2D eigenvalue weighted by atomic mass is 32.2. The van der Waals surface area contributed by atoms with Crippen LogP contribution < -0.4 is 4.72 Å². The smallest absolute Gasteiger partial charge is 0.243 e. The molecule has 1 aromatic carbocycles. The minimum Gasteiger partial charge on any atom is -0.445 e. The van der Waals surface area contributed by atoms with Crippen LogP contribution in [0.25, 0.3) is 0 Å². The first-order chi connectivity index (χ1) is 9.42. The van der Waals surface area contributed by atoms with Gasteiger partial charge in [-0.15, -0.1) is 0 Å². The molecule has 0 bridgehead atoms. The van der Waals surface area contributed by atoms with Gasteiger partial charge in [-0.2, -0.15) is 0 Å². The van der Waals surface area contributed by atoms with Crippen molar-refractivity contribution in [3.05, 3.63) is 47.4 Å². The number of aliphatic hydroxyl groups excluding tert-OH is 1. The van der Waals surface area contributed by atoms with Gasteiger partial charge in [0.1, 0.15) is 16.5 Å². The standard InChI is InChI=1S/C12H13FN2O4S/c1-8-5-14-12(19-8)6-15-20(17,18)11-3-2-9(7-16)4-10(11)13/h2-5,15-16H,6-7H2,1H3. The lowest BCUT2D eigenvalue weighted by Crippen LogP contribution is -2.24. The number of aliphatic hydroxyl groups is 1. The van der Waals surface area contributed by atoms with E-state index in [0.717, 1.165) is 12.1 Å². The summed E-state index contributed by atoms with van der Waals surface area (Å²) in [6, 6.07) is 3.42. The van der Waals surface area contributed by atoms with Crippen molar-refractivity contribution in [1.29, 1.82) is 0 Å². The number of nitrogens with one attached hydrogen (secondary N) is 1. The van der Waals surface area contributed by atoms with Crippen LogP contribution in [0.2, 0.25) is 0 Å². The largest absolute Gasteiger partial charge is 0.445 e. The lowest BCUT2D eigenvalue weighted by atomic mass is 10.2. The molecule has 6 nitrogen and oxygen atoms in total. The summed E-state index contributed by atoms with van der Waals surface area (Å²) in [5.74, 6) is -0.177. The molecule has 2 N–H and O–H groups in total. The molecule has 0 amide bonds. The predicted molar refractivity (Wildman–Crippen MR) is 67.6 cm³/mol. The van der Waals surface area contributed by atoms with Crippen LogP contribution in [0.15, 0.2) is 33.7 Å². The molecule has 20 heavy (non-hydrogen) atoms. The Hall–Kier alpha value is -1.77. The first-order valence-electron chi connectivity index (χ1n) is 5.72. The second-order valence-corrected chi connectivity index (χ2v) is 5.85. The summed E-state index contributed by atoms with van der Waals surface area (Å²) in [7, 11) is -4.01. The number of aryl methyl sites for hydroxylation is 1. The molecule has 2 aromatic rings. The van der Waals surface area contributed by atoms with E-state index in [2.05, 4.69) is 9.71 Å². The zero-order valence-corrected chi connectivity index (χ0v) is 11.4. The van der Waals surface area contributed by atoms with E-state index < -0.39 is 20.7 Å². The van der Waals surface area contributed by atoms with Crippen LogP contribution in [0.5, 0.6) is 0 Å². The second-order valence-electron chi connectivity index (χ2n) is 4.11. The Morgan fingerprint density at radius 3 is 2.75 bits per heavy atom. The summed E-state index contributed by atoms with van der Waals surface area (Å²) >= 11 is 0. The maximum Gasteiger partial charge on any atom is 0.243 e. The summed E-state index contributed by atoms with van der Waals surface area (Å²) in [4.78, 5) is 3.35. The fraction of sp³-hybridized carbons (Fsp3) is 0.250. The van der Waals surface area contributed by atoms with Crippen molar-refractivity contribution in [2.24, 2.45) is 0 Å². The van der Waals surface area contributed by atoms with Gasteiger partial charge in [0, 0.05) is 0 Å². The van der Waals surface area contributed by atoms with E-state index in [-0.39, 0.29) is 19.0 Å². The van der Waals surface area contributed by atoms with Crippen molar-refractivity contribution >= 4 is 10.0 Å². The maximum atomic E-state index is 13.7.